The van der Waals surface area contributed by atoms with E-state index in [0.29, 0.717) is 6.54 Å². The van der Waals surface area contributed by atoms with Crippen LogP contribution in [0.4, 0.5) is 5.82 Å². The van der Waals surface area contributed by atoms with Gasteiger partial charge >= 0.3 is 0 Å². The zero-order chi connectivity index (χ0) is 21.0. The number of hydrogen-bond donors (Lipinski definition) is 2. The minimum absolute atomic E-state index is 0. The van der Waals surface area contributed by atoms with E-state index in [-0.39, 0.29) is 35.6 Å². The Kier molecular flexibility index (Phi) is 8.02. The van der Waals surface area contributed by atoms with Crippen molar-refractivity contribution in [1.29, 1.82) is 0 Å². The molecule has 0 bridgehead atoms. The lowest BCUT2D eigenvalue weighted by atomic mass is 9.90. The van der Waals surface area contributed by atoms with Gasteiger partial charge in [-0.05, 0) is 51.3 Å². The molecule has 0 saturated carbocycles. The normalized spacial score (nSPS) is 19.8. The number of nitrogens with one attached hydrogen (secondary N) is 2. The molecular weight excluding hydrogens is 501 g/mol. The summed E-state index contributed by atoms with van der Waals surface area (Å²) in [5.74, 6) is 2.84. The van der Waals surface area contributed by atoms with Gasteiger partial charge in [0.05, 0.1) is 12.6 Å². The highest BCUT2D eigenvalue weighted by molar-refractivity contribution is 14.0. The van der Waals surface area contributed by atoms with E-state index in [1.165, 1.54) is 18.4 Å². The molecule has 0 spiro atoms. The van der Waals surface area contributed by atoms with Crippen LogP contribution in [0.3, 0.4) is 0 Å². The minimum atomic E-state index is -0.224. The van der Waals surface area contributed by atoms with Crippen molar-refractivity contribution >= 4 is 35.8 Å². The number of pyridine rings is 1. The van der Waals surface area contributed by atoms with E-state index < -0.39 is 0 Å². The molecule has 1 unspecified atom stereocenters. The van der Waals surface area contributed by atoms with Crippen LogP contribution < -0.4 is 20.3 Å². The lowest BCUT2D eigenvalue weighted by Gasteiger charge is -2.38. The van der Waals surface area contributed by atoms with E-state index >= 15 is 0 Å². The molecule has 2 aliphatic rings. The summed E-state index contributed by atoms with van der Waals surface area (Å²) in [6.07, 6.45) is 5.35. The van der Waals surface area contributed by atoms with E-state index in [0.717, 1.165) is 49.1 Å². The van der Waals surface area contributed by atoms with Gasteiger partial charge in [0.25, 0.3) is 0 Å². The fraction of sp³-hybridized carbons (Fsp3) is 0.500. The second kappa shape index (κ2) is 10.5. The van der Waals surface area contributed by atoms with Crippen molar-refractivity contribution in [3.63, 3.8) is 0 Å². The first-order valence-electron chi connectivity index (χ1n) is 11.1. The van der Waals surface area contributed by atoms with Gasteiger partial charge in [-0.3, -0.25) is 0 Å². The third kappa shape index (κ3) is 6.02. The first-order chi connectivity index (χ1) is 14.5. The van der Waals surface area contributed by atoms with Crippen LogP contribution in [-0.2, 0) is 6.54 Å². The molecule has 1 atom stereocenters. The molecule has 0 aliphatic carbocycles. The monoisotopic (exact) mass is 535 g/mol. The van der Waals surface area contributed by atoms with Gasteiger partial charge in [0.1, 0.15) is 17.2 Å². The highest BCUT2D eigenvalue weighted by Gasteiger charge is 2.33. The molecule has 6 nitrogen and oxygen atoms in total. The number of aliphatic imine (C=N–C) groups is 1. The Labute approximate surface area is 202 Å². The molecule has 0 amide bonds. The molecule has 2 aliphatic heterocycles. The van der Waals surface area contributed by atoms with Gasteiger partial charge in [-0.1, -0.05) is 24.3 Å². The topological polar surface area (TPSA) is 61.8 Å². The van der Waals surface area contributed by atoms with Crippen LogP contribution in [0.1, 0.15) is 57.2 Å². The second-order valence-corrected chi connectivity index (χ2v) is 8.71. The Morgan fingerprint density at radius 1 is 1.19 bits per heavy atom. The predicted octanol–water partition coefficient (Wildman–Crippen LogP) is 4.66. The number of rotatable bonds is 5. The highest BCUT2D eigenvalue weighted by atomic mass is 127. The molecule has 1 saturated heterocycles. The van der Waals surface area contributed by atoms with Crippen molar-refractivity contribution < 1.29 is 4.74 Å². The fourth-order valence-electron chi connectivity index (χ4n) is 4.23. The van der Waals surface area contributed by atoms with Crippen LogP contribution in [-0.4, -0.2) is 36.2 Å². The average molecular weight is 535 g/mol. The van der Waals surface area contributed by atoms with Gasteiger partial charge < -0.3 is 20.3 Å². The Hall–Kier alpha value is -2.03. The minimum Gasteiger partial charge on any atom is -0.487 e. The number of aromatic nitrogens is 1. The number of fused-ring (bicyclic) bond motifs is 1. The first-order valence-corrected chi connectivity index (χ1v) is 11.1. The number of ether oxygens (including phenoxy) is 1. The van der Waals surface area contributed by atoms with Crippen molar-refractivity contribution in [3.8, 4) is 5.75 Å². The molecule has 1 aromatic heterocycles. The van der Waals surface area contributed by atoms with Gasteiger partial charge in [-0.15, -0.1) is 24.0 Å². The summed E-state index contributed by atoms with van der Waals surface area (Å²) < 4.78 is 6.16. The highest BCUT2D eigenvalue weighted by Crippen LogP contribution is 2.39. The van der Waals surface area contributed by atoms with Crippen molar-refractivity contribution in [2.75, 3.05) is 24.5 Å². The van der Waals surface area contributed by atoms with Gasteiger partial charge in [-0.2, -0.15) is 0 Å². The molecule has 31 heavy (non-hydrogen) atoms. The molecular formula is C24H34IN5O. The Morgan fingerprint density at radius 2 is 1.97 bits per heavy atom. The summed E-state index contributed by atoms with van der Waals surface area (Å²) in [6, 6.07) is 12.7. The number of para-hydroxylation sites is 1. The zero-order valence-corrected chi connectivity index (χ0v) is 21.1. The molecule has 4 rings (SSSR count). The number of guanidine groups is 1. The first kappa shape index (κ1) is 23.6. The van der Waals surface area contributed by atoms with Gasteiger partial charge in [0, 0.05) is 37.8 Å². The maximum absolute atomic E-state index is 6.16. The van der Waals surface area contributed by atoms with E-state index in [1.807, 2.05) is 18.3 Å². The van der Waals surface area contributed by atoms with E-state index in [9.17, 15) is 0 Å². The summed E-state index contributed by atoms with van der Waals surface area (Å²) in [4.78, 5) is 11.8. The van der Waals surface area contributed by atoms with Crippen molar-refractivity contribution in [2.45, 2.75) is 58.2 Å². The number of halogens is 1. The lowest BCUT2D eigenvalue weighted by Crippen LogP contribution is -2.45. The quantitative estimate of drug-likeness (QED) is 0.332. The Bertz CT molecular complexity index is 878. The third-order valence-electron chi connectivity index (χ3n) is 5.69. The Balaban J connectivity index is 0.00000272. The fourth-order valence-corrected chi connectivity index (χ4v) is 4.23. The van der Waals surface area contributed by atoms with Crippen molar-refractivity contribution in [2.24, 2.45) is 4.99 Å². The standard InChI is InChI=1S/C24H33N5O.HI/c1-4-25-23(27-17-18-11-12-22(26-16-18)29-13-7-8-14-29)28-20-15-24(2,3)30-21-10-6-5-9-19(20)21;/h5-6,9-12,16,20H,4,7-8,13-15,17H2,1-3H3,(H2,25,27,28);1H. The van der Waals surface area contributed by atoms with E-state index in [4.69, 9.17) is 9.73 Å². The largest absolute Gasteiger partial charge is 0.487 e. The van der Waals surface area contributed by atoms with E-state index in [2.05, 4.69) is 65.6 Å². The summed E-state index contributed by atoms with van der Waals surface area (Å²) in [7, 11) is 0. The Morgan fingerprint density at radius 3 is 2.68 bits per heavy atom. The third-order valence-corrected chi connectivity index (χ3v) is 5.69. The van der Waals surface area contributed by atoms with Crippen LogP contribution in [0.25, 0.3) is 0 Å². The lowest BCUT2D eigenvalue weighted by molar-refractivity contribution is 0.0694. The SMILES string of the molecule is CCNC(=NCc1ccc(N2CCCC2)nc1)NC1CC(C)(C)Oc2ccccc21.I. The van der Waals surface area contributed by atoms with Gasteiger partial charge in [0.15, 0.2) is 5.96 Å². The maximum Gasteiger partial charge on any atom is 0.192 e. The number of benzene rings is 1. The van der Waals surface area contributed by atoms with Gasteiger partial charge in [-0.25, -0.2) is 9.98 Å². The maximum atomic E-state index is 6.16. The molecule has 168 valence electrons. The summed E-state index contributed by atoms with van der Waals surface area (Å²) in [5.41, 5.74) is 2.07. The summed E-state index contributed by atoms with van der Waals surface area (Å²) >= 11 is 0. The number of nitrogens with zero attached hydrogens (tertiary/aromatic N) is 3. The number of hydrogen-bond acceptors (Lipinski definition) is 4. The predicted molar refractivity (Wildman–Crippen MR) is 138 cm³/mol. The van der Waals surface area contributed by atoms with Gasteiger partial charge in [0.2, 0.25) is 0 Å². The van der Waals surface area contributed by atoms with Crippen LogP contribution in [0.15, 0.2) is 47.6 Å². The van der Waals surface area contributed by atoms with E-state index in [1.54, 1.807) is 0 Å². The van der Waals surface area contributed by atoms with Crippen molar-refractivity contribution in [3.05, 3.63) is 53.7 Å². The average Bonchev–Trinajstić information content (AvgIpc) is 3.27. The molecule has 3 heterocycles. The number of anilines is 1. The molecule has 7 heteroatoms. The van der Waals surface area contributed by atoms with Crippen LogP contribution >= 0.6 is 24.0 Å². The molecule has 1 aromatic carbocycles. The summed E-state index contributed by atoms with van der Waals surface area (Å²) in [5, 5.41) is 7.01. The molecule has 2 aromatic rings. The molecule has 1 fully saturated rings. The molecule has 2 N–H and O–H groups in total. The van der Waals surface area contributed by atoms with Crippen LogP contribution in [0.5, 0.6) is 5.75 Å². The van der Waals surface area contributed by atoms with Crippen molar-refractivity contribution in [1.82, 2.24) is 15.6 Å². The smallest absolute Gasteiger partial charge is 0.192 e. The summed E-state index contributed by atoms with van der Waals surface area (Å²) in [6.45, 7) is 9.99. The molecule has 0 radical (unpaired) electrons. The second-order valence-electron chi connectivity index (χ2n) is 8.71. The van der Waals surface area contributed by atoms with Crippen LogP contribution in [0.2, 0.25) is 0 Å². The zero-order valence-electron chi connectivity index (χ0n) is 18.7. The van der Waals surface area contributed by atoms with Crippen LogP contribution in [0, 0.1) is 0 Å².